The van der Waals surface area contributed by atoms with E-state index in [2.05, 4.69) is 42.1 Å². The van der Waals surface area contributed by atoms with Crippen LogP contribution < -0.4 is 5.32 Å². The highest BCUT2D eigenvalue weighted by molar-refractivity contribution is 6.39. The molecule has 0 spiro atoms. The number of nitrogens with zero attached hydrogens (tertiary/aromatic N) is 4. The van der Waals surface area contributed by atoms with E-state index in [-0.39, 0.29) is 35.6 Å². The Morgan fingerprint density at radius 1 is 1.23 bits per heavy atom. The normalized spacial score (nSPS) is 20.6. The summed E-state index contributed by atoms with van der Waals surface area (Å²) in [6.07, 6.45) is 13.0. The second kappa shape index (κ2) is 15.4. The molecule has 39 heavy (non-hydrogen) atoms. The number of hydrogen-bond acceptors (Lipinski definition) is 5. The van der Waals surface area contributed by atoms with Gasteiger partial charge in [0.25, 0.3) is 5.91 Å². The molecule has 0 fully saturated rings. The van der Waals surface area contributed by atoms with Crippen LogP contribution in [0, 0.1) is 23.7 Å². The molecule has 3 rings (SSSR count). The number of nitrogens with one attached hydrogen (secondary N) is 1. The number of aliphatic imine (C=N–C) groups is 2. The minimum Gasteiger partial charge on any atom is -0.327 e. The third-order valence-electron chi connectivity index (χ3n) is 7.43. The Balaban J connectivity index is 1.60. The number of anilines is 1. The molecule has 1 N–H and O–H groups in total. The summed E-state index contributed by atoms with van der Waals surface area (Å²) < 4.78 is 0. The van der Waals surface area contributed by atoms with Crippen molar-refractivity contribution in [1.29, 1.82) is 0 Å². The van der Waals surface area contributed by atoms with Crippen molar-refractivity contribution >= 4 is 29.6 Å². The maximum Gasteiger partial charge on any atom is 0.268 e. The number of carbonyl (C=O) groups excluding carboxylic acids is 2. The standard InChI is InChI=1S/C32H45N5O2/c1-6-8-9-10-11-17-34-29(23(3)4)32(39)37(7-2)20-13-14-25-16-19-33-28(24(5)21-25)22-27-26-15-12-18-35-30(26)36-31(27)38/h12,15,18-19,21,23-24,27-28H,6-11,16-17,20,22H2,1-5H3,(H,35,36,38). The Bertz CT molecular complexity index is 1140. The molecular weight excluding hydrogens is 486 g/mol. The molecule has 0 radical (unpaired) electrons. The van der Waals surface area contributed by atoms with Crippen molar-refractivity contribution < 1.29 is 9.59 Å². The minimum atomic E-state index is -0.239. The second-order valence-electron chi connectivity index (χ2n) is 10.8. The predicted octanol–water partition coefficient (Wildman–Crippen LogP) is 5.83. The van der Waals surface area contributed by atoms with Crippen molar-refractivity contribution in [1.82, 2.24) is 9.88 Å². The van der Waals surface area contributed by atoms with E-state index in [1.54, 1.807) is 11.1 Å². The van der Waals surface area contributed by atoms with E-state index in [0.29, 0.717) is 44.0 Å². The Labute approximate surface area is 234 Å². The number of rotatable bonds is 12. The zero-order chi connectivity index (χ0) is 28.2. The van der Waals surface area contributed by atoms with Crippen LogP contribution in [0.3, 0.4) is 0 Å². The van der Waals surface area contributed by atoms with Gasteiger partial charge in [0.05, 0.1) is 18.5 Å². The van der Waals surface area contributed by atoms with Crippen LogP contribution >= 0.6 is 0 Å². The summed E-state index contributed by atoms with van der Waals surface area (Å²) in [6.45, 7) is 12.1. The predicted molar refractivity (Wildman–Crippen MR) is 160 cm³/mol. The van der Waals surface area contributed by atoms with Gasteiger partial charge < -0.3 is 10.2 Å². The van der Waals surface area contributed by atoms with Crippen LogP contribution in [-0.2, 0) is 9.59 Å². The molecule has 0 bridgehead atoms. The van der Waals surface area contributed by atoms with Crippen molar-refractivity contribution in [3.63, 3.8) is 0 Å². The number of amides is 2. The highest BCUT2D eigenvalue weighted by Gasteiger charge is 2.34. The summed E-state index contributed by atoms with van der Waals surface area (Å²) >= 11 is 0. The molecule has 0 aliphatic carbocycles. The maximum absolute atomic E-state index is 13.2. The van der Waals surface area contributed by atoms with Crippen LogP contribution in [-0.4, -0.2) is 59.3 Å². The highest BCUT2D eigenvalue weighted by Crippen LogP contribution is 2.36. The van der Waals surface area contributed by atoms with Crippen molar-refractivity contribution in [2.75, 3.05) is 25.0 Å². The lowest BCUT2D eigenvalue weighted by atomic mass is 9.88. The minimum absolute atomic E-state index is 0.00768. The molecule has 2 aliphatic heterocycles. The zero-order valence-corrected chi connectivity index (χ0v) is 24.4. The molecule has 210 valence electrons. The monoisotopic (exact) mass is 531 g/mol. The van der Waals surface area contributed by atoms with Crippen LogP contribution in [0.5, 0.6) is 0 Å². The molecule has 0 saturated heterocycles. The molecule has 2 aliphatic rings. The van der Waals surface area contributed by atoms with Crippen LogP contribution in [0.2, 0.25) is 0 Å². The summed E-state index contributed by atoms with van der Waals surface area (Å²) in [5.41, 5.74) is 2.60. The van der Waals surface area contributed by atoms with Gasteiger partial charge in [-0.3, -0.25) is 19.6 Å². The van der Waals surface area contributed by atoms with Gasteiger partial charge in [0.1, 0.15) is 11.5 Å². The molecule has 1 aromatic heterocycles. The van der Waals surface area contributed by atoms with Crippen LogP contribution in [0.15, 0.2) is 40.0 Å². The average molecular weight is 532 g/mol. The molecule has 3 heterocycles. The number of aromatic nitrogens is 1. The molecule has 2 amide bonds. The van der Waals surface area contributed by atoms with Crippen molar-refractivity contribution in [3.05, 3.63) is 35.5 Å². The first-order valence-electron chi connectivity index (χ1n) is 14.7. The van der Waals surface area contributed by atoms with E-state index in [1.165, 1.54) is 19.3 Å². The average Bonchev–Trinajstić information content (AvgIpc) is 3.12. The molecule has 3 atom stereocenters. The number of hydrogen-bond donors (Lipinski definition) is 1. The van der Waals surface area contributed by atoms with E-state index in [9.17, 15) is 9.59 Å². The van der Waals surface area contributed by atoms with Crippen LogP contribution in [0.4, 0.5) is 5.82 Å². The summed E-state index contributed by atoms with van der Waals surface area (Å²) in [5.74, 6) is 7.14. The van der Waals surface area contributed by atoms with Gasteiger partial charge in [0.2, 0.25) is 5.91 Å². The van der Waals surface area contributed by atoms with Crippen molar-refractivity contribution in [2.24, 2.45) is 21.8 Å². The second-order valence-corrected chi connectivity index (χ2v) is 10.8. The van der Waals surface area contributed by atoms with E-state index in [0.717, 1.165) is 24.0 Å². The third-order valence-corrected chi connectivity index (χ3v) is 7.43. The largest absolute Gasteiger partial charge is 0.327 e. The van der Waals surface area contributed by atoms with Crippen LogP contribution in [0.1, 0.15) is 91.0 Å². The molecule has 1 aromatic rings. The quantitative estimate of drug-likeness (QED) is 0.209. The van der Waals surface area contributed by atoms with E-state index in [4.69, 9.17) is 9.98 Å². The highest BCUT2D eigenvalue weighted by atomic mass is 16.2. The van der Waals surface area contributed by atoms with E-state index >= 15 is 0 Å². The first-order chi connectivity index (χ1) is 18.8. The topological polar surface area (TPSA) is 87.0 Å². The lowest BCUT2D eigenvalue weighted by Gasteiger charge is -2.21. The first kappa shape index (κ1) is 30.3. The number of allylic oxidation sites excluding steroid dienone is 1. The van der Waals surface area contributed by atoms with Gasteiger partial charge >= 0.3 is 0 Å². The Hall–Kier alpha value is -3.27. The summed E-state index contributed by atoms with van der Waals surface area (Å²) in [5, 5.41) is 2.89. The van der Waals surface area contributed by atoms with Gasteiger partial charge in [0.15, 0.2) is 0 Å². The summed E-state index contributed by atoms with van der Waals surface area (Å²) in [6, 6.07) is 3.83. The lowest BCUT2D eigenvalue weighted by Crippen LogP contribution is -2.39. The van der Waals surface area contributed by atoms with Gasteiger partial charge in [-0.15, -0.1) is 0 Å². The number of fused-ring (bicyclic) bond motifs is 1. The fourth-order valence-corrected chi connectivity index (χ4v) is 5.06. The van der Waals surface area contributed by atoms with Gasteiger partial charge in [-0.05, 0) is 31.7 Å². The lowest BCUT2D eigenvalue weighted by molar-refractivity contribution is -0.123. The summed E-state index contributed by atoms with van der Waals surface area (Å²) in [4.78, 5) is 41.4. The first-order valence-corrected chi connectivity index (χ1v) is 14.7. The molecule has 7 heteroatoms. The molecule has 7 nitrogen and oxygen atoms in total. The number of pyridine rings is 1. The summed E-state index contributed by atoms with van der Waals surface area (Å²) in [7, 11) is 0. The Kier molecular flexibility index (Phi) is 11.9. The fourth-order valence-electron chi connectivity index (χ4n) is 5.06. The Morgan fingerprint density at radius 3 is 2.77 bits per heavy atom. The van der Waals surface area contributed by atoms with Crippen molar-refractivity contribution in [3.8, 4) is 11.8 Å². The zero-order valence-electron chi connectivity index (χ0n) is 24.4. The smallest absolute Gasteiger partial charge is 0.268 e. The maximum atomic E-state index is 13.2. The third kappa shape index (κ3) is 8.61. The van der Waals surface area contributed by atoms with Crippen LogP contribution in [0.25, 0.3) is 0 Å². The number of unbranched alkanes of at least 4 members (excludes halogenated alkanes) is 4. The van der Waals surface area contributed by atoms with E-state index < -0.39 is 0 Å². The van der Waals surface area contributed by atoms with Crippen molar-refractivity contribution in [2.45, 2.75) is 91.5 Å². The molecule has 0 aromatic carbocycles. The van der Waals surface area contributed by atoms with Gasteiger partial charge in [-0.2, -0.15) is 0 Å². The van der Waals surface area contributed by atoms with Gasteiger partial charge in [0, 0.05) is 49.0 Å². The van der Waals surface area contributed by atoms with E-state index in [1.807, 2.05) is 39.1 Å². The molecule has 3 unspecified atom stereocenters. The number of carbonyl (C=O) groups is 2. The fraction of sp³-hybridized carbons (Fsp3) is 0.594. The van der Waals surface area contributed by atoms with Gasteiger partial charge in [-0.1, -0.05) is 77.4 Å². The molecular formula is C32H45N5O2. The van der Waals surface area contributed by atoms with Gasteiger partial charge in [-0.25, -0.2) is 4.98 Å². The molecule has 0 saturated carbocycles. The SMILES string of the molecule is CCCCCCCN=C(C(=O)N(CC)CC#CC1=CC(C)C(CC2C(=O)Nc3ncccc32)N=CC1)C(C)C. The Morgan fingerprint density at radius 2 is 2.03 bits per heavy atom.